The van der Waals surface area contributed by atoms with Crippen LogP contribution in [0.5, 0.6) is 5.88 Å². The summed E-state index contributed by atoms with van der Waals surface area (Å²) in [5, 5.41) is 22.5. The first-order valence-corrected chi connectivity index (χ1v) is 14.2. The highest BCUT2D eigenvalue weighted by Gasteiger charge is 2.52. The average Bonchev–Trinajstić information content (AvgIpc) is 3.24. The van der Waals surface area contributed by atoms with Crippen LogP contribution in [0.2, 0.25) is 0 Å². The Bertz CT molecular complexity index is 1610. The Morgan fingerprint density at radius 2 is 1.47 bits per heavy atom. The lowest BCUT2D eigenvalue weighted by atomic mass is 9.97. The van der Waals surface area contributed by atoms with E-state index in [1.165, 1.54) is 6.92 Å². The van der Waals surface area contributed by atoms with Gasteiger partial charge in [0.2, 0.25) is 11.0 Å². The fourth-order valence-electron chi connectivity index (χ4n) is 4.89. The number of nitrogens with zero attached hydrogens (tertiary/aromatic N) is 3. The lowest BCUT2D eigenvalue weighted by Gasteiger charge is -2.44. The summed E-state index contributed by atoms with van der Waals surface area (Å²) in [6.07, 6.45) is -6.60. The van der Waals surface area contributed by atoms with E-state index in [9.17, 15) is 24.3 Å². The zero-order valence-corrected chi connectivity index (χ0v) is 25.7. The number of benzene rings is 2. The number of carbonyl (C=O) groups is 4. The predicted octanol–water partition coefficient (Wildman–Crippen LogP) is 3.44. The molecule has 0 unspecified atom stereocenters. The Labute approximate surface area is 263 Å². The molecule has 14 nitrogen and oxygen atoms in total. The van der Waals surface area contributed by atoms with Crippen molar-refractivity contribution in [3.05, 3.63) is 60.2 Å². The van der Waals surface area contributed by atoms with Crippen molar-refractivity contribution in [1.29, 1.82) is 0 Å². The van der Waals surface area contributed by atoms with Crippen LogP contribution in [0.25, 0.3) is 10.9 Å². The van der Waals surface area contributed by atoms with Gasteiger partial charge in [-0.3, -0.25) is 19.2 Å². The van der Waals surface area contributed by atoms with E-state index in [-0.39, 0.29) is 16.7 Å². The van der Waals surface area contributed by atoms with Gasteiger partial charge in [-0.15, -0.1) is 10.2 Å². The molecule has 0 radical (unpaired) electrons. The third-order valence-electron chi connectivity index (χ3n) is 6.60. The number of hydrogen-bond acceptors (Lipinski definition) is 12. The molecule has 1 aliphatic heterocycles. The van der Waals surface area contributed by atoms with Gasteiger partial charge in [-0.25, -0.2) is 0 Å². The number of rotatable bonds is 9. The monoisotopic (exact) mass is 640 g/mol. The van der Waals surface area contributed by atoms with Crippen molar-refractivity contribution in [3.63, 3.8) is 0 Å². The van der Waals surface area contributed by atoms with E-state index in [1.807, 2.05) is 42.5 Å². The molecular weight excluding hydrogens is 608 g/mol. The standard InChI is InChI=1S/C30H32N4O10S/c1-16(35)40-15-23-25(41-17(2)36)26(42-18(3)37)27(43-19(4)38)28(44-23)31-30(45)33-32-24-21-12-8-9-13-22(21)34(29(24)39)14-20-10-6-5-7-11-20/h5-13,23,25-28,39H,14-15H2,1-4H3,(H,31,45)/t23-,25-,26+,27-,28-/m1/s1. The maximum atomic E-state index is 12.1. The molecule has 1 aliphatic rings. The Morgan fingerprint density at radius 1 is 0.867 bits per heavy atom. The first-order valence-electron chi connectivity index (χ1n) is 13.8. The van der Waals surface area contributed by atoms with Crippen molar-refractivity contribution >= 4 is 57.8 Å². The number of thiocarbonyl (C=S) groups is 1. The summed E-state index contributed by atoms with van der Waals surface area (Å²) in [6, 6.07) is 16.8. The van der Waals surface area contributed by atoms with Crippen molar-refractivity contribution in [2.75, 3.05) is 6.61 Å². The third kappa shape index (κ3) is 8.39. The fourth-order valence-corrected chi connectivity index (χ4v) is 5.04. The second-order valence-electron chi connectivity index (χ2n) is 10.0. The van der Waals surface area contributed by atoms with E-state index in [4.69, 9.17) is 35.9 Å². The molecule has 1 fully saturated rings. The highest BCUT2D eigenvalue weighted by atomic mass is 32.1. The molecule has 5 atom stereocenters. The summed E-state index contributed by atoms with van der Waals surface area (Å²) in [7, 11) is 0. The van der Waals surface area contributed by atoms with Crippen LogP contribution in [0.4, 0.5) is 5.69 Å². The molecule has 238 valence electrons. The number of aromatic hydroxyl groups is 1. The molecule has 2 N–H and O–H groups in total. The summed E-state index contributed by atoms with van der Waals surface area (Å²) < 4.78 is 29.0. The summed E-state index contributed by atoms with van der Waals surface area (Å²) in [5.41, 5.74) is 1.83. The quantitative estimate of drug-likeness (QED) is 0.151. The van der Waals surface area contributed by atoms with Crippen LogP contribution in [-0.2, 0) is 49.4 Å². The first-order chi connectivity index (χ1) is 21.4. The van der Waals surface area contributed by atoms with Crippen molar-refractivity contribution in [1.82, 2.24) is 9.88 Å². The van der Waals surface area contributed by atoms with Crippen LogP contribution >= 0.6 is 12.2 Å². The number of para-hydroxylation sites is 1. The van der Waals surface area contributed by atoms with E-state index in [2.05, 4.69) is 15.5 Å². The summed E-state index contributed by atoms with van der Waals surface area (Å²) in [6.45, 7) is 4.51. The van der Waals surface area contributed by atoms with Gasteiger partial charge in [0.1, 0.15) is 12.7 Å². The van der Waals surface area contributed by atoms with Crippen LogP contribution in [0.15, 0.2) is 64.8 Å². The van der Waals surface area contributed by atoms with Gasteiger partial charge in [0.05, 0.1) is 12.1 Å². The Hall–Kier alpha value is -4.89. The number of aromatic nitrogens is 1. The molecule has 0 saturated carbocycles. The third-order valence-corrected chi connectivity index (χ3v) is 6.80. The van der Waals surface area contributed by atoms with E-state index in [0.717, 1.165) is 26.3 Å². The van der Waals surface area contributed by atoms with Gasteiger partial charge in [-0.1, -0.05) is 48.5 Å². The second-order valence-corrected chi connectivity index (χ2v) is 10.4. The number of nitrogens with one attached hydrogen (secondary N) is 1. The van der Waals surface area contributed by atoms with Gasteiger partial charge in [0.15, 0.2) is 30.2 Å². The summed E-state index contributed by atoms with van der Waals surface area (Å²) in [5.74, 6) is -3.08. The van der Waals surface area contributed by atoms with Crippen LogP contribution in [-0.4, -0.2) is 75.9 Å². The number of esters is 4. The molecule has 2 heterocycles. The Balaban J connectivity index is 1.64. The number of carbonyl (C=O) groups excluding carboxylic acids is 4. The van der Waals surface area contributed by atoms with Crippen molar-refractivity contribution in [2.45, 2.75) is 64.9 Å². The number of azo groups is 1. The van der Waals surface area contributed by atoms with E-state index >= 15 is 0 Å². The molecule has 0 spiro atoms. The van der Waals surface area contributed by atoms with E-state index < -0.39 is 61.1 Å². The smallest absolute Gasteiger partial charge is 0.303 e. The Kier molecular flexibility index (Phi) is 10.8. The van der Waals surface area contributed by atoms with Crippen LogP contribution in [0.3, 0.4) is 0 Å². The van der Waals surface area contributed by atoms with E-state index in [1.54, 1.807) is 16.7 Å². The van der Waals surface area contributed by atoms with Gasteiger partial charge in [0.25, 0.3) is 0 Å². The average molecular weight is 641 g/mol. The molecule has 0 bridgehead atoms. The normalized spacial score (nSPS) is 21.2. The van der Waals surface area contributed by atoms with Crippen LogP contribution in [0.1, 0.15) is 33.3 Å². The van der Waals surface area contributed by atoms with Gasteiger partial charge in [-0.05, 0) is 23.8 Å². The zero-order valence-electron chi connectivity index (χ0n) is 24.9. The number of fused-ring (bicyclic) bond motifs is 1. The molecule has 15 heteroatoms. The topological polar surface area (TPSA) is 176 Å². The van der Waals surface area contributed by atoms with E-state index in [0.29, 0.717) is 17.4 Å². The molecule has 0 amide bonds. The molecular formula is C30H32N4O10S. The fraction of sp³-hybridized carbons (Fsp3) is 0.367. The maximum Gasteiger partial charge on any atom is 0.303 e. The van der Waals surface area contributed by atoms with Crippen LogP contribution in [0, 0.1) is 0 Å². The van der Waals surface area contributed by atoms with Crippen LogP contribution < -0.4 is 5.32 Å². The largest absolute Gasteiger partial charge is 0.493 e. The minimum atomic E-state index is -1.39. The SMILES string of the molecule is CC(=O)OC[C@H]1O[C@@H](NC(=S)N=Nc2c(O)n(Cc3ccccc3)c3ccccc23)[C@H](OC(C)=O)[C@@H](OC(C)=O)[C@@H]1OC(C)=O. The molecule has 45 heavy (non-hydrogen) atoms. The minimum Gasteiger partial charge on any atom is -0.493 e. The summed E-state index contributed by atoms with van der Waals surface area (Å²) >= 11 is 5.39. The van der Waals surface area contributed by atoms with Gasteiger partial charge in [-0.2, -0.15) is 0 Å². The molecule has 3 aromatic rings. The Morgan fingerprint density at radius 3 is 2.11 bits per heavy atom. The van der Waals surface area contributed by atoms with Gasteiger partial charge < -0.3 is 38.7 Å². The van der Waals surface area contributed by atoms with Crippen molar-refractivity contribution in [2.24, 2.45) is 10.2 Å². The lowest BCUT2D eigenvalue weighted by molar-refractivity contribution is -0.254. The van der Waals surface area contributed by atoms with Gasteiger partial charge >= 0.3 is 23.9 Å². The molecule has 4 rings (SSSR count). The summed E-state index contributed by atoms with van der Waals surface area (Å²) in [4.78, 5) is 47.6. The highest BCUT2D eigenvalue weighted by molar-refractivity contribution is 7.80. The predicted molar refractivity (Wildman–Crippen MR) is 161 cm³/mol. The van der Waals surface area contributed by atoms with Crippen molar-refractivity contribution < 1.29 is 48.0 Å². The maximum absolute atomic E-state index is 12.1. The molecule has 1 saturated heterocycles. The molecule has 0 aliphatic carbocycles. The van der Waals surface area contributed by atoms with Gasteiger partial charge in [0, 0.05) is 33.1 Å². The first kappa shape index (κ1) is 33.0. The number of hydrogen-bond donors (Lipinski definition) is 2. The second kappa shape index (κ2) is 14.7. The number of ether oxygens (including phenoxy) is 5. The lowest BCUT2D eigenvalue weighted by Crippen LogP contribution is -2.66. The zero-order chi connectivity index (χ0) is 32.7. The molecule has 2 aromatic carbocycles. The highest BCUT2D eigenvalue weighted by Crippen LogP contribution is 2.39. The minimum absolute atomic E-state index is 0.140. The van der Waals surface area contributed by atoms with Crippen molar-refractivity contribution in [3.8, 4) is 5.88 Å². The molecule has 1 aromatic heterocycles.